The van der Waals surface area contributed by atoms with E-state index in [1.807, 2.05) is 0 Å². The van der Waals surface area contributed by atoms with E-state index in [1.54, 1.807) is 99.0 Å². The Balaban J connectivity index is 1.82. The monoisotopic (exact) mass is 444 g/mol. The second kappa shape index (κ2) is 11.3. The third kappa shape index (κ3) is 6.54. The van der Waals surface area contributed by atoms with Crippen LogP contribution < -0.4 is 15.4 Å². The maximum atomic E-state index is 13.0. The summed E-state index contributed by atoms with van der Waals surface area (Å²) in [6.07, 6.45) is 1.57. The average molecular weight is 444 g/mol. The molecule has 0 atom stereocenters. The predicted octanol–water partition coefficient (Wildman–Crippen LogP) is 4.28. The van der Waals surface area contributed by atoms with Crippen LogP contribution in [0.5, 0.6) is 5.75 Å². The van der Waals surface area contributed by atoms with Crippen LogP contribution in [0, 0.1) is 0 Å². The van der Waals surface area contributed by atoms with E-state index >= 15 is 0 Å². The van der Waals surface area contributed by atoms with Crippen LogP contribution in [0.4, 0.5) is 5.69 Å². The van der Waals surface area contributed by atoms with Crippen molar-refractivity contribution in [1.82, 2.24) is 5.32 Å². The van der Waals surface area contributed by atoms with Crippen LogP contribution >= 0.6 is 0 Å². The molecule has 2 amide bonds. The lowest BCUT2D eigenvalue weighted by atomic mass is 10.1. The molecule has 7 nitrogen and oxygen atoms in total. The molecule has 0 saturated heterocycles. The quantitative estimate of drug-likeness (QED) is 0.400. The van der Waals surface area contributed by atoms with Crippen LogP contribution in [0.15, 0.2) is 84.6 Å². The number of nitrogens with one attached hydrogen (secondary N) is 2. The van der Waals surface area contributed by atoms with Gasteiger partial charge in [0.15, 0.2) is 0 Å². The van der Waals surface area contributed by atoms with E-state index in [0.717, 1.165) is 0 Å². The van der Waals surface area contributed by atoms with Crippen LogP contribution in [0.1, 0.15) is 33.2 Å². The fraction of sp³-hybridized carbons (Fsp3) is 0.115. The fourth-order valence-corrected chi connectivity index (χ4v) is 2.91. The second-order valence-corrected chi connectivity index (χ2v) is 6.90. The van der Waals surface area contributed by atoms with Gasteiger partial charge >= 0.3 is 5.97 Å². The van der Waals surface area contributed by atoms with Crippen molar-refractivity contribution < 1.29 is 23.9 Å². The summed E-state index contributed by atoms with van der Waals surface area (Å²) >= 11 is 0. The molecule has 0 aliphatic rings. The lowest BCUT2D eigenvalue weighted by Gasteiger charge is -2.12. The third-order valence-corrected chi connectivity index (χ3v) is 4.61. The second-order valence-electron chi connectivity index (χ2n) is 6.90. The van der Waals surface area contributed by atoms with Gasteiger partial charge in [0.1, 0.15) is 11.4 Å². The Morgan fingerprint density at radius 2 is 1.52 bits per heavy atom. The number of hydrogen-bond donors (Lipinski definition) is 2. The van der Waals surface area contributed by atoms with Gasteiger partial charge < -0.3 is 20.1 Å². The molecule has 3 aromatic rings. The van der Waals surface area contributed by atoms with Crippen molar-refractivity contribution in [2.45, 2.75) is 6.92 Å². The first kappa shape index (κ1) is 23.3. The number of ether oxygens (including phenoxy) is 2. The number of hydrogen-bond acceptors (Lipinski definition) is 5. The van der Waals surface area contributed by atoms with Crippen molar-refractivity contribution in [3.63, 3.8) is 0 Å². The highest BCUT2D eigenvalue weighted by Gasteiger charge is 2.15. The number of amides is 2. The zero-order valence-corrected chi connectivity index (χ0v) is 18.3. The molecule has 33 heavy (non-hydrogen) atoms. The molecule has 0 spiro atoms. The largest absolute Gasteiger partial charge is 0.497 e. The number of esters is 1. The first-order valence-electron chi connectivity index (χ1n) is 10.3. The minimum atomic E-state index is -0.515. The Kier molecular flexibility index (Phi) is 7.96. The summed E-state index contributed by atoms with van der Waals surface area (Å²) in [6, 6.07) is 22.0. The van der Waals surface area contributed by atoms with Crippen molar-refractivity contribution in [2.24, 2.45) is 0 Å². The Labute approximate surface area is 192 Å². The molecule has 2 N–H and O–H groups in total. The van der Waals surface area contributed by atoms with Gasteiger partial charge in [-0.05, 0) is 67.1 Å². The van der Waals surface area contributed by atoms with Crippen LogP contribution in [0.2, 0.25) is 0 Å². The molecular formula is C26H24N2O5. The number of carbonyl (C=O) groups excluding carboxylic acids is 3. The normalized spacial score (nSPS) is 10.8. The van der Waals surface area contributed by atoms with Crippen molar-refractivity contribution in [3.8, 4) is 5.75 Å². The van der Waals surface area contributed by atoms with E-state index in [0.29, 0.717) is 28.1 Å². The van der Waals surface area contributed by atoms with Gasteiger partial charge in [0.05, 0.1) is 19.3 Å². The van der Waals surface area contributed by atoms with E-state index < -0.39 is 17.8 Å². The molecule has 3 rings (SSSR count). The number of methoxy groups -OCH3 is 1. The van der Waals surface area contributed by atoms with Gasteiger partial charge in [0.2, 0.25) is 0 Å². The fourth-order valence-electron chi connectivity index (χ4n) is 2.91. The Hall–Kier alpha value is -4.39. The van der Waals surface area contributed by atoms with Crippen LogP contribution in [-0.4, -0.2) is 31.5 Å². The first-order chi connectivity index (χ1) is 16.0. The summed E-state index contributed by atoms with van der Waals surface area (Å²) in [5, 5.41) is 5.42. The van der Waals surface area contributed by atoms with E-state index in [2.05, 4.69) is 10.6 Å². The molecule has 168 valence electrons. The zero-order valence-electron chi connectivity index (χ0n) is 18.3. The van der Waals surface area contributed by atoms with Crippen LogP contribution in [0.25, 0.3) is 6.08 Å². The molecule has 0 unspecified atom stereocenters. The highest BCUT2D eigenvalue weighted by molar-refractivity contribution is 6.10. The Bertz CT molecular complexity index is 1140. The number of carbonyl (C=O) groups is 3. The summed E-state index contributed by atoms with van der Waals surface area (Å²) in [5.74, 6) is -0.694. The predicted molar refractivity (Wildman–Crippen MR) is 126 cm³/mol. The van der Waals surface area contributed by atoms with Gasteiger partial charge in [-0.15, -0.1) is 0 Å². The Morgan fingerprint density at radius 1 is 0.848 bits per heavy atom. The molecule has 7 heteroatoms. The lowest BCUT2D eigenvalue weighted by Crippen LogP contribution is -2.30. The van der Waals surface area contributed by atoms with Gasteiger partial charge in [-0.25, -0.2) is 4.79 Å². The maximum Gasteiger partial charge on any atom is 0.338 e. The molecule has 0 aliphatic carbocycles. The van der Waals surface area contributed by atoms with Crippen molar-refractivity contribution in [1.29, 1.82) is 0 Å². The molecular weight excluding hydrogens is 420 g/mol. The highest BCUT2D eigenvalue weighted by atomic mass is 16.5. The van der Waals surface area contributed by atoms with E-state index in [1.165, 1.54) is 0 Å². The van der Waals surface area contributed by atoms with Gasteiger partial charge in [-0.2, -0.15) is 0 Å². The van der Waals surface area contributed by atoms with Gasteiger partial charge in [0, 0.05) is 11.3 Å². The van der Waals surface area contributed by atoms with E-state index in [4.69, 9.17) is 9.47 Å². The number of benzene rings is 3. The van der Waals surface area contributed by atoms with Crippen molar-refractivity contribution >= 4 is 29.5 Å². The highest BCUT2D eigenvalue weighted by Crippen LogP contribution is 2.16. The summed E-state index contributed by atoms with van der Waals surface area (Å²) in [6.45, 7) is 2.00. The van der Waals surface area contributed by atoms with Gasteiger partial charge in [-0.3, -0.25) is 9.59 Å². The van der Waals surface area contributed by atoms with Crippen molar-refractivity contribution in [2.75, 3.05) is 19.0 Å². The average Bonchev–Trinajstić information content (AvgIpc) is 2.85. The Morgan fingerprint density at radius 3 is 2.12 bits per heavy atom. The maximum absolute atomic E-state index is 13.0. The third-order valence-electron chi connectivity index (χ3n) is 4.61. The molecule has 0 bridgehead atoms. The van der Waals surface area contributed by atoms with E-state index in [9.17, 15) is 14.4 Å². The van der Waals surface area contributed by atoms with Crippen LogP contribution in [-0.2, 0) is 9.53 Å². The van der Waals surface area contributed by atoms with Crippen LogP contribution in [0.3, 0.4) is 0 Å². The molecule has 0 radical (unpaired) electrons. The first-order valence-corrected chi connectivity index (χ1v) is 10.3. The molecule has 0 aliphatic heterocycles. The lowest BCUT2D eigenvalue weighted by molar-refractivity contribution is -0.113. The smallest absolute Gasteiger partial charge is 0.338 e. The number of anilines is 1. The molecule has 0 fully saturated rings. The molecule has 0 saturated carbocycles. The minimum absolute atomic E-state index is 0.0588. The molecule has 3 aromatic carbocycles. The van der Waals surface area contributed by atoms with Crippen molar-refractivity contribution in [3.05, 3.63) is 101 Å². The SMILES string of the molecule is CCOC(=O)c1ccc(NC(=O)/C(=C/c2ccc(OC)cc2)NC(=O)c2ccccc2)cc1. The minimum Gasteiger partial charge on any atom is -0.497 e. The standard InChI is InChI=1S/C26H24N2O5/c1-3-33-26(31)20-11-13-21(14-12-20)27-25(30)23(17-18-9-15-22(32-2)16-10-18)28-24(29)19-7-5-4-6-8-19/h4-17H,3H2,1-2H3,(H,27,30)(H,28,29)/b23-17-. The topological polar surface area (TPSA) is 93.7 Å². The number of rotatable bonds is 8. The van der Waals surface area contributed by atoms with Gasteiger partial charge in [-0.1, -0.05) is 30.3 Å². The molecule has 0 heterocycles. The van der Waals surface area contributed by atoms with E-state index in [-0.39, 0.29) is 12.3 Å². The van der Waals surface area contributed by atoms with Gasteiger partial charge in [0.25, 0.3) is 11.8 Å². The zero-order chi connectivity index (χ0) is 23.6. The summed E-state index contributed by atoms with van der Waals surface area (Å²) < 4.78 is 10.1. The molecule has 0 aromatic heterocycles. The summed E-state index contributed by atoms with van der Waals surface area (Å²) in [4.78, 5) is 37.5. The summed E-state index contributed by atoms with van der Waals surface area (Å²) in [7, 11) is 1.57. The summed E-state index contributed by atoms with van der Waals surface area (Å²) in [5.41, 5.74) is 2.02.